The molecule has 0 aliphatic rings. The molecule has 1 amide bonds. The first-order valence-electron chi connectivity index (χ1n) is 10.6. The maximum Gasteiger partial charge on any atom is 0.238 e. The van der Waals surface area contributed by atoms with Crippen LogP contribution < -0.4 is 0 Å². The van der Waals surface area contributed by atoms with Crippen molar-refractivity contribution in [3.05, 3.63) is 71.4 Å². The van der Waals surface area contributed by atoms with Crippen LogP contribution in [0.1, 0.15) is 16.7 Å². The average molecular weight is 458 g/mol. The van der Waals surface area contributed by atoms with Crippen LogP contribution in [0.15, 0.2) is 54.7 Å². The largest absolute Gasteiger partial charge is 0.383 e. The van der Waals surface area contributed by atoms with Crippen molar-refractivity contribution in [1.29, 1.82) is 0 Å². The Labute approximate surface area is 190 Å². The van der Waals surface area contributed by atoms with Crippen LogP contribution in [0.4, 0.5) is 0 Å². The Morgan fingerprint density at radius 1 is 1.06 bits per heavy atom. The van der Waals surface area contributed by atoms with Gasteiger partial charge < -0.3 is 14.6 Å². The summed E-state index contributed by atoms with van der Waals surface area (Å²) in [5, 5.41) is 1.13. The van der Waals surface area contributed by atoms with Gasteiger partial charge in [-0.3, -0.25) is 4.79 Å². The number of rotatable bonds is 11. The molecule has 3 rings (SSSR count). The molecular formula is C24H31N3O4S. The summed E-state index contributed by atoms with van der Waals surface area (Å²) in [6, 6.07) is 16.1. The van der Waals surface area contributed by atoms with Crippen LogP contribution in [0.3, 0.4) is 0 Å². The number of para-hydroxylation sites is 1. The number of methoxy groups -OCH3 is 1. The van der Waals surface area contributed by atoms with Gasteiger partial charge in [0, 0.05) is 43.8 Å². The molecule has 3 aromatic rings. The minimum Gasteiger partial charge on any atom is -0.383 e. The average Bonchev–Trinajstić information content (AvgIpc) is 3.17. The molecule has 0 fully saturated rings. The highest BCUT2D eigenvalue weighted by molar-refractivity contribution is 7.88. The number of benzene rings is 2. The van der Waals surface area contributed by atoms with Gasteiger partial charge in [0.15, 0.2) is 0 Å². The lowest BCUT2D eigenvalue weighted by Gasteiger charge is -2.26. The van der Waals surface area contributed by atoms with E-state index in [1.54, 1.807) is 4.90 Å². The molecule has 0 saturated carbocycles. The lowest BCUT2D eigenvalue weighted by atomic mass is 10.1. The second kappa shape index (κ2) is 10.8. The standard InChI is InChI=1S/C24H31N3O4S/c1-19-8-10-20(11-9-19)17-26(24(28)18-27(14-15-31-2)32(3,29)30)13-12-21-16-25-23-7-5-4-6-22(21)23/h4-11,16,25H,12-15,17-18H2,1-3H3. The number of sulfonamides is 1. The Morgan fingerprint density at radius 3 is 2.47 bits per heavy atom. The number of nitrogens with zero attached hydrogens (tertiary/aromatic N) is 2. The molecule has 2 aromatic carbocycles. The first-order chi connectivity index (χ1) is 15.3. The van der Waals surface area contributed by atoms with E-state index in [9.17, 15) is 13.2 Å². The zero-order valence-corrected chi connectivity index (χ0v) is 19.7. The molecule has 172 valence electrons. The van der Waals surface area contributed by atoms with E-state index in [-0.39, 0.29) is 25.6 Å². The fourth-order valence-corrected chi connectivity index (χ4v) is 4.36. The smallest absolute Gasteiger partial charge is 0.238 e. The fourth-order valence-electron chi connectivity index (χ4n) is 3.61. The van der Waals surface area contributed by atoms with E-state index in [4.69, 9.17) is 4.74 Å². The molecule has 1 aromatic heterocycles. The molecule has 0 unspecified atom stereocenters. The summed E-state index contributed by atoms with van der Waals surface area (Å²) in [5.74, 6) is -0.230. The summed E-state index contributed by atoms with van der Waals surface area (Å²) in [6.07, 6.45) is 3.76. The first kappa shape index (κ1) is 24.0. The maximum atomic E-state index is 13.2. The number of hydrogen-bond acceptors (Lipinski definition) is 4. The molecule has 0 bridgehead atoms. The van der Waals surface area contributed by atoms with Crippen LogP contribution in [-0.4, -0.2) is 68.1 Å². The molecule has 7 nitrogen and oxygen atoms in total. The molecule has 0 aliphatic carbocycles. The molecule has 0 atom stereocenters. The van der Waals surface area contributed by atoms with Crippen molar-refractivity contribution in [2.75, 3.05) is 39.6 Å². The van der Waals surface area contributed by atoms with Crippen molar-refractivity contribution < 1.29 is 17.9 Å². The normalized spacial score (nSPS) is 11.9. The van der Waals surface area contributed by atoms with Crippen molar-refractivity contribution in [2.45, 2.75) is 19.9 Å². The van der Waals surface area contributed by atoms with Crippen LogP contribution in [0.5, 0.6) is 0 Å². The topological polar surface area (TPSA) is 82.7 Å². The lowest BCUT2D eigenvalue weighted by Crippen LogP contribution is -2.44. The number of fused-ring (bicyclic) bond motifs is 1. The van der Waals surface area contributed by atoms with Crippen LogP contribution in [0, 0.1) is 6.92 Å². The van der Waals surface area contributed by atoms with E-state index < -0.39 is 10.0 Å². The van der Waals surface area contributed by atoms with Crippen LogP contribution in [-0.2, 0) is 32.5 Å². The van der Waals surface area contributed by atoms with E-state index in [2.05, 4.69) is 11.1 Å². The quantitative estimate of drug-likeness (QED) is 0.480. The third-order valence-corrected chi connectivity index (χ3v) is 6.75. The minimum atomic E-state index is -3.53. The number of aryl methyl sites for hydroxylation is 1. The molecule has 1 N–H and O–H groups in total. The van der Waals surface area contributed by atoms with Crippen molar-refractivity contribution in [1.82, 2.24) is 14.2 Å². The van der Waals surface area contributed by atoms with E-state index >= 15 is 0 Å². The number of nitrogens with one attached hydrogen (secondary N) is 1. The van der Waals surface area contributed by atoms with Crippen LogP contribution >= 0.6 is 0 Å². The summed E-state index contributed by atoms with van der Waals surface area (Å²) in [7, 11) is -2.02. The molecule has 8 heteroatoms. The van der Waals surface area contributed by atoms with Crippen LogP contribution in [0.25, 0.3) is 10.9 Å². The predicted octanol–water partition coefficient (Wildman–Crippen LogP) is 2.96. The molecule has 0 saturated heterocycles. The second-order valence-electron chi connectivity index (χ2n) is 8.00. The van der Waals surface area contributed by atoms with E-state index in [0.29, 0.717) is 19.5 Å². The number of hydrogen-bond donors (Lipinski definition) is 1. The third-order valence-electron chi connectivity index (χ3n) is 5.50. The van der Waals surface area contributed by atoms with Crippen LogP contribution in [0.2, 0.25) is 0 Å². The van der Waals surface area contributed by atoms with Crippen molar-refractivity contribution in [3.8, 4) is 0 Å². The summed E-state index contributed by atoms with van der Waals surface area (Å²) in [4.78, 5) is 18.2. The lowest BCUT2D eigenvalue weighted by molar-refractivity contribution is -0.132. The number of ether oxygens (including phenoxy) is 1. The third kappa shape index (κ3) is 6.41. The predicted molar refractivity (Wildman–Crippen MR) is 127 cm³/mol. The summed E-state index contributed by atoms with van der Waals surface area (Å²) in [6.45, 7) is 3.08. The Balaban J connectivity index is 1.78. The Kier molecular flexibility index (Phi) is 8.06. The molecule has 1 heterocycles. The number of aromatic nitrogens is 1. The Hall–Kier alpha value is -2.68. The van der Waals surface area contributed by atoms with E-state index in [0.717, 1.165) is 33.8 Å². The number of carbonyl (C=O) groups excluding carboxylic acids is 1. The van der Waals surface area contributed by atoms with Gasteiger partial charge in [0.25, 0.3) is 0 Å². The van der Waals surface area contributed by atoms with E-state index in [1.165, 1.54) is 11.4 Å². The minimum absolute atomic E-state index is 0.141. The summed E-state index contributed by atoms with van der Waals surface area (Å²) < 4.78 is 30.5. The highest BCUT2D eigenvalue weighted by atomic mass is 32.2. The molecular weight excluding hydrogens is 426 g/mol. The molecule has 0 spiro atoms. The van der Waals surface area contributed by atoms with Gasteiger partial charge in [0.1, 0.15) is 0 Å². The highest BCUT2D eigenvalue weighted by Gasteiger charge is 2.23. The fraction of sp³-hybridized carbons (Fsp3) is 0.375. The van der Waals surface area contributed by atoms with Crippen molar-refractivity contribution >= 4 is 26.8 Å². The van der Waals surface area contributed by atoms with Gasteiger partial charge in [0.05, 0.1) is 19.4 Å². The Bertz CT molecular complexity index is 1140. The number of H-pyrrole nitrogens is 1. The first-order valence-corrected chi connectivity index (χ1v) is 12.4. The van der Waals surface area contributed by atoms with Gasteiger partial charge in [-0.2, -0.15) is 4.31 Å². The van der Waals surface area contributed by atoms with E-state index in [1.807, 2.05) is 55.6 Å². The van der Waals surface area contributed by atoms with Gasteiger partial charge in [-0.25, -0.2) is 8.42 Å². The monoisotopic (exact) mass is 457 g/mol. The zero-order chi connectivity index (χ0) is 23.1. The Morgan fingerprint density at radius 2 is 1.78 bits per heavy atom. The summed E-state index contributed by atoms with van der Waals surface area (Å²) in [5.41, 5.74) is 4.34. The number of carbonyl (C=O) groups is 1. The molecule has 0 radical (unpaired) electrons. The second-order valence-corrected chi connectivity index (χ2v) is 9.98. The zero-order valence-electron chi connectivity index (χ0n) is 18.9. The van der Waals surface area contributed by atoms with Gasteiger partial charge in [-0.1, -0.05) is 48.0 Å². The van der Waals surface area contributed by atoms with Crippen molar-refractivity contribution in [2.24, 2.45) is 0 Å². The summed E-state index contributed by atoms with van der Waals surface area (Å²) >= 11 is 0. The SMILES string of the molecule is COCCN(CC(=O)N(CCc1c[nH]c2ccccc12)Cc1ccc(C)cc1)S(C)(=O)=O. The van der Waals surface area contributed by atoms with Gasteiger partial charge in [-0.05, 0) is 30.5 Å². The van der Waals surface area contributed by atoms with Crippen molar-refractivity contribution in [3.63, 3.8) is 0 Å². The molecule has 32 heavy (non-hydrogen) atoms. The maximum absolute atomic E-state index is 13.2. The molecule has 0 aliphatic heterocycles. The van der Waals surface area contributed by atoms with Gasteiger partial charge in [0.2, 0.25) is 15.9 Å². The van der Waals surface area contributed by atoms with Gasteiger partial charge in [-0.15, -0.1) is 0 Å². The number of amides is 1. The van der Waals surface area contributed by atoms with Gasteiger partial charge >= 0.3 is 0 Å². The number of aromatic amines is 1. The highest BCUT2D eigenvalue weighted by Crippen LogP contribution is 2.19.